The molecule has 0 aliphatic heterocycles. The first-order chi connectivity index (χ1) is 10.9. The van der Waals surface area contributed by atoms with E-state index in [1.165, 1.54) is 0 Å². The van der Waals surface area contributed by atoms with Crippen LogP contribution < -0.4 is 0 Å². The number of carbonyl (C=O) groups excluding carboxylic acids is 2. The number of hydrogen-bond acceptors (Lipinski definition) is 6. The Morgan fingerprint density at radius 3 is 2.00 bits per heavy atom. The van der Waals surface area contributed by atoms with Crippen LogP contribution in [0.1, 0.15) is 25.3 Å². The van der Waals surface area contributed by atoms with Crippen molar-refractivity contribution in [3.63, 3.8) is 0 Å². The number of nitrogens with zero attached hydrogens (tertiary/aromatic N) is 1. The van der Waals surface area contributed by atoms with Gasteiger partial charge in [-0.1, -0.05) is 28.1 Å². The molecule has 1 unspecified atom stereocenters. The summed E-state index contributed by atoms with van der Waals surface area (Å²) in [6.07, 6.45) is 0. The van der Waals surface area contributed by atoms with Gasteiger partial charge in [0.15, 0.2) is 5.92 Å². The van der Waals surface area contributed by atoms with Crippen molar-refractivity contribution in [3.8, 4) is 0 Å². The average molecular weight is 388 g/mol. The second-order valence-electron chi connectivity index (χ2n) is 4.66. The molecule has 1 atom stereocenters. The first kappa shape index (κ1) is 19.1. The summed E-state index contributed by atoms with van der Waals surface area (Å²) in [4.78, 5) is 34.8. The van der Waals surface area contributed by atoms with Gasteiger partial charge in [0, 0.05) is 9.40 Å². The molecule has 23 heavy (non-hydrogen) atoms. The summed E-state index contributed by atoms with van der Waals surface area (Å²) < 4.78 is 10.6. The Hall–Kier alpha value is -1.96. The molecule has 0 heterocycles. The summed E-state index contributed by atoms with van der Waals surface area (Å²) in [7, 11) is 0. The number of carbonyl (C=O) groups is 2. The molecule has 0 aliphatic rings. The van der Waals surface area contributed by atoms with Crippen LogP contribution in [0.4, 0.5) is 0 Å². The van der Waals surface area contributed by atoms with Crippen molar-refractivity contribution in [1.29, 1.82) is 0 Å². The van der Waals surface area contributed by atoms with E-state index in [1.807, 2.05) is 0 Å². The number of nitro groups is 1. The van der Waals surface area contributed by atoms with Gasteiger partial charge in [-0.15, -0.1) is 0 Å². The van der Waals surface area contributed by atoms with Crippen LogP contribution in [-0.2, 0) is 19.1 Å². The van der Waals surface area contributed by atoms with Crippen molar-refractivity contribution in [2.24, 2.45) is 5.92 Å². The first-order valence-electron chi connectivity index (χ1n) is 7.11. The highest BCUT2D eigenvalue weighted by Crippen LogP contribution is 2.29. The number of ether oxygens (including phenoxy) is 2. The van der Waals surface area contributed by atoms with Crippen molar-refractivity contribution >= 4 is 27.9 Å². The van der Waals surface area contributed by atoms with Crippen LogP contribution in [0, 0.1) is 16.0 Å². The van der Waals surface area contributed by atoms with Gasteiger partial charge in [0.1, 0.15) is 0 Å². The molecule has 1 rings (SSSR count). The quantitative estimate of drug-likeness (QED) is 0.294. The fourth-order valence-corrected chi connectivity index (χ4v) is 2.43. The van der Waals surface area contributed by atoms with E-state index in [-0.39, 0.29) is 13.2 Å². The van der Waals surface area contributed by atoms with Crippen molar-refractivity contribution in [2.75, 3.05) is 19.8 Å². The SMILES string of the molecule is CCOC(=O)C(C(=O)OCC)C(C[N+](=O)[O-])c1ccc(Br)cc1. The summed E-state index contributed by atoms with van der Waals surface area (Å²) in [5.41, 5.74) is 0.496. The van der Waals surface area contributed by atoms with Gasteiger partial charge >= 0.3 is 11.9 Å². The number of rotatable bonds is 8. The maximum atomic E-state index is 12.2. The summed E-state index contributed by atoms with van der Waals surface area (Å²) in [6, 6.07) is 6.64. The Morgan fingerprint density at radius 1 is 1.13 bits per heavy atom. The molecule has 0 saturated heterocycles. The maximum Gasteiger partial charge on any atom is 0.321 e. The lowest BCUT2D eigenvalue weighted by molar-refractivity contribution is -0.484. The van der Waals surface area contributed by atoms with Gasteiger partial charge in [-0.25, -0.2) is 0 Å². The van der Waals surface area contributed by atoms with E-state index < -0.39 is 35.2 Å². The number of hydrogen-bond donors (Lipinski definition) is 0. The summed E-state index contributed by atoms with van der Waals surface area (Å²) in [5.74, 6) is -3.97. The second-order valence-corrected chi connectivity index (χ2v) is 5.57. The molecule has 0 radical (unpaired) electrons. The zero-order valence-electron chi connectivity index (χ0n) is 12.9. The predicted molar refractivity (Wildman–Crippen MR) is 85.5 cm³/mol. The van der Waals surface area contributed by atoms with E-state index in [0.29, 0.717) is 5.56 Å². The second kappa shape index (κ2) is 9.24. The maximum absolute atomic E-state index is 12.2. The Labute approximate surface area is 142 Å². The molecule has 0 saturated carbocycles. The monoisotopic (exact) mass is 387 g/mol. The predicted octanol–water partition coefficient (Wildman–Crippen LogP) is 2.55. The molecule has 0 aliphatic carbocycles. The first-order valence-corrected chi connectivity index (χ1v) is 7.90. The third kappa shape index (κ3) is 5.63. The largest absolute Gasteiger partial charge is 0.465 e. The van der Waals surface area contributed by atoms with Gasteiger partial charge in [0.2, 0.25) is 6.54 Å². The van der Waals surface area contributed by atoms with Crippen molar-refractivity contribution < 1.29 is 24.0 Å². The molecule has 126 valence electrons. The molecule has 0 fully saturated rings. The lowest BCUT2D eigenvalue weighted by Gasteiger charge is -2.21. The van der Waals surface area contributed by atoms with E-state index in [1.54, 1.807) is 38.1 Å². The lowest BCUT2D eigenvalue weighted by atomic mass is 9.86. The number of esters is 2. The third-order valence-electron chi connectivity index (χ3n) is 3.13. The minimum Gasteiger partial charge on any atom is -0.465 e. The summed E-state index contributed by atoms with van der Waals surface area (Å²) in [5, 5.41) is 11.0. The zero-order chi connectivity index (χ0) is 17.4. The fourth-order valence-electron chi connectivity index (χ4n) is 2.16. The molecule has 8 heteroatoms. The van der Waals surface area contributed by atoms with Crippen LogP contribution in [-0.4, -0.2) is 36.6 Å². The summed E-state index contributed by atoms with van der Waals surface area (Å²) >= 11 is 3.27. The van der Waals surface area contributed by atoms with E-state index in [4.69, 9.17) is 9.47 Å². The topological polar surface area (TPSA) is 95.7 Å². The van der Waals surface area contributed by atoms with E-state index in [2.05, 4.69) is 15.9 Å². The zero-order valence-corrected chi connectivity index (χ0v) is 14.4. The molecular formula is C15H18BrNO6. The minimum absolute atomic E-state index is 0.0697. The van der Waals surface area contributed by atoms with Gasteiger partial charge in [0.05, 0.1) is 19.1 Å². The average Bonchev–Trinajstić information content (AvgIpc) is 2.47. The molecular weight excluding hydrogens is 370 g/mol. The van der Waals surface area contributed by atoms with E-state index in [9.17, 15) is 19.7 Å². The van der Waals surface area contributed by atoms with Crippen molar-refractivity contribution in [1.82, 2.24) is 0 Å². The normalized spacial score (nSPS) is 11.8. The number of benzene rings is 1. The molecule has 0 spiro atoms. The standard InChI is InChI=1S/C15H18BrNO6/c1-3-22-14(18)13(15(19)23-4-2)12(9-17(20)21)10-5-7-11(16)8-6-10/h5-8,12-13H,3-4,9H2,1-2H3. The highest BCUT2D eigenvalue weighted by molar-refractivity contribution is 9.10. The molecule has 1 aromatic carbocycles. The van der Waals surface area contributed by atoms with Crippen LogP contribution >= 0.6 is 15.9 Å². The molecule has 0 aromatic heterocycles. The van der Waals surface area contributed by atoms with Gasteiger partial charge in [-0.3, -0.25) is 19.7 Å². The molecule has 0 bridgehead atoms. The Bertz CT molecular complexity index is 542. The number of halogens is 1. The Morgan fingerprint density at radius 2 is 1.61 bits per heavy atom. The van der Waals surface area contributed by atoms with Crippen LogP contribution in [0.15, 0.2) is 28.7 Å². The third-order valence-corrected chi connectivity index (χ3v) is 3.66. The van der Waals surface area contributed by atoms with E-state index in [0.717, 1.165) is 4.47 Å². The summed E-state index contributed by atoms with van der Waals surface area (Å²) in [6.45, 7) is 2.76. The fraction of sp³-hybridized carbons (Fsp3) is 0.467. The van der Waals surface area contributed by atoms with Crippen LogP contribution in [0.3, 0.4) is 0 Å². The molecule has 0 N–H and O–H groups in total. The van der Waals surface area contributed by atoms with Crippen LogP contribution in [0.5, 0.6) is 0 Å². The van der Waals surface area contributed by atoms with Crippen molar-refractivity contribution in [3.05, 3.63) is 44.4 Å². The molecule has 1 aromatic rings. The molecule has 0 amide bonds. The lowest BCUT2D eigenvalue weighted by Crippen LogP contribution is -2.36. The highest BCUT2D eigenvalue weighted by Gasteiger charge is 2.41. The van der Waals surface area contributed by atoms with Gasteiger partial charge in [-0.2, -0.15) is 0 Å². The van der Waals surface area contributed by atoms with Gasteiger partial charge < -0.3 is 9.47 Å². The van der Waals surface area contributed by atoms with Gasteiger partial charge in [-0.05, 0) is 31.5 Å². The van der Waals surface area contributed by atoms with Crippen LogP contribution in [0.2, 0.25) is 0 Å². The highest BCUT2D eigenvalue weighted by atomic mass is 79.9. The Kier molecular flexibility index (Phi) is 7.67. The molecule has 7 nitrogen and oxygen atoms in total. The smallest absolute Gasteiger partial charge is 0.321 e. The van der Waals surface area contributed by atoms with Crippen LogP contribution in [0.25, 0.3) is 0 Å². The minimum atomic E-state index is -1.37. The Balaban J connectivity index is 3.24. The van der Waals surface area contributed by atoms with E-state index >= 15 is 0 Å². The van der Waals surface area contributed by atoms with Gasteiger partial charge in [0.25, 0.3) is 0 Å². The van der Waals surface area contributed by atoms with Crippen molar-refractivity contribution in [2.45, 2.75) is 19.8 Å².